The van der Waals surface area contributed by atoms with Crippen molar-refractivity contribution in [2.45, 2.75) is 6.92 Å². The van der Waals surface area contributed by atoms with Crippen LogP contribution in [0.2, 0.25) is 0 Å². The summed E-state index contributed by atoms with van der Waals surface area (Å²) in [6.45, 7) is 1.98. The maximum absolute atomic E-state index is 9.75. The van der Waals surface area contributed by atoms with Crippen LogP contribution in [0.15, 0.2) is 31.3 Å². The molecule has 0 unspecified atom stereocenters. The fraction of sp³-hybridized carbons (Fsp3) is 0.200. The Morgan fingerprint density at radius 2 is 2.24 bits per heavy atom. The first-order chi connectivity index (χ1) is 8.04. The van der Waals surface area contributed by atoms with Gasteiger partial charge in [0.05, 0.1) is 10.7 Å². The van der Waals surface area contributed by atoms with Gasteiger partial charge < -0.3 is 10.8 Å². The molecule has 0 fully saturated rings. The number of thioether (sulfide) groups is 1. The lowest BCUT2D eigenvalue weighted by Crippen LogP contribution is -2.05. The summed E-state index contributed by atoms with van der Waals surface area (Å²) in [7, 11) is 0. The van der Waals surface area contributed by atoms with Crippen LogP contribution in [0.3, 0.4) is 0 Å². The third-order valence-electron chi connectivity index (χ3n) is 1.70. The SMILES string of the molecule is CCS/C(N)=N\N=Cc1cc(Br)cc(Br)c1O. The van der Waals surface area contributed by atoms with Crippen LogP contribution < -0.4 is 5.73 Å². The normalized spacial score (nSPS) is 12.3. The molecule has 0 aliphatic rings. The number of aromatic hydroxyl groups is 1. The smallest absolute Gasteiger partial charge is 0.180 e. The first-order valence-electron chi connectivity index (χ1n) is 4.72. The van der Waals surface area contributed by atoms with E-state index < -0.39 is 0 Å². The average Bonchev–Trinajstić information content (AvgIpc) is 2.25. The molecule has 0 atom stereocenters. The molecule has 0 heterocycles. The Morgan fingerprint density at radius 1 is 1.53 bits per heavy atom. The third-order valence-corrected chi connectivity index (χ3v) is 3.43. The van der Waals surface area contributed by atoms with Crippen LogP contribution in [-0.4, -0.2) is 22.2 Å². The molecule has 0 radical (unpaired) electrons. The molecule has 0 saturated heterocycles. The van der Waals surface area contributed by atoms with Crippen molar-refractivity contribution in [2.75, 3.05) is 5.75 Å². The van der Waals surface area contributed by atoms with Crippen molar-refractivity contribution in [3.05, 3.63) is 26.6 Å². The monoisotopic (exact) mass is 379 g/mol. The van der Waals surface area contributed by atoms with Gasteiger partial charge in [0.1, 0.15) is 5.75 Å². The van der Waals surface area contributed by atoms with Gasteiger partial charge in [0.25, 0.3) is 0 Å². The summed E-state index contributed by atoms with van der Waals surface area (Å²) in [5, 5.41) is 17.8. The molecule has 1 aromatic rings. The molecule has 1 aromatic carbocycles. The number of amidine groups is 1. The molecular formula is C10H11Br2N3OS. The van der Waals surface area contributed by atoms with Gasteiger partial charge in [0, 0.05) is 10.0 Å². The Balaban J connectivity index is 2.88. The molecule has 0 aliphatic carbocycles. The predicted octanol–water partition coefficient (Wildman–Crippen LogP) is 3.32. The second kappa shape index (κ2) is 7.03. The lowest BCUT2D eigenvalue weighted by Gasteiger charge is -2.01. The number of nitrogens with two attached hydrogens (primary N) is 1. The Morgan fingerprint density at radius 3 is 2.88 bits per heavy atom. The summed E-state index contributed by atoms with van der Waals surface area (Å²) >= 11 is 7.97. The third kappa shape index (κ3) is 4.69. The number of benzene rings is 1. The number of halogens is 2. The number of hydrogen-bond donors (Lipinski definition) is 2. The van der Waals surface area contributed by atoms with E-state index in [1.54, 1.807) is 12.1 Å². The standard InChI is InChI=1S/C10H11Br2N3OS/c1-2-17-10(13)15-14-5-6-3-7(11)4-8(12)9(6)16/h3-5,16H,2H2,1H3,(H2,13,15). The van der Waals surface area contributed by atoms with E-state index in [1.165, 1.54) is 18.0 Å². The van der Waals surface area contributed by atoms with Gasteiger partial charge in [-0.15, -0.1) is 5.10 Å². The van der Waals surface area contributed by atoms with E-state index in [4.69, 9.17) is 5.73 Å². The van der Waals surface area contributed by atoms with Crippen LogP contribution in [0.1, 0.15) is 12.5 Å². The summed E-state index contributed by atoms with van der Waals surface area (Å²) in [5.41, 5.74) is 6.12. The number of rotatable bonds is 3. The van der Waals surface area contributed by atoms with Crippen LogP contribution in [0.4, 0.5) is 0 Å². The molecular weight excluding hydrogens is 370 g/mol. The zero-order valence-corrected chi connectivity index (χ0v) is 13.0. The van der Waals surface area contributed by atoms with E-state index in [-0.39, 0.29) is 5.75 Å². The van der Waals surface area contributed by atoms with Gasteiger partial charge in [-0.05, 0) is 33.8 Å². The molecule has 92 valence electrons. The molecule has 0 bridgehead atoms. The van der Waals surface area contributed by atoms with Gasteiger partial charge in [-0.3, -0.25) is 0 Å². The summed E-state index contributed by atoms with van der Waals surface area (Å²) in [4.78, 5) is 0. The molecule has 1 rings (SSSR count). The highest BCUT2D eigenvalue weighted by molar-refractivity contribution is 9.11. The van der Waals surface area contributed by atoms with Crippen LogP contribution >= 0.6 is 43.6 Å². The minimum atomic E-state index is 0.119. The fourth-order valence-electron chi connectivity index (χ4n) is 1.01. The summed E-state index contributed by atoms with van der Waals surface area (Å²) in [6, 6.07) is 3.49. The molecule has 3 N–H and O–H groups in total. The van der Waals surface area contributed by atoms with Crippen LogP contribution in [-0.2, 0) is 0 Å². The van der Waals surface area contributed by atoms with Crippen LogP contribution in [0, 0.1) is 0 Å². The molecule has 0 spiro atoms. The molecule has 0 saturated carbocycles. The van der Waals surface area contributed by atoms with Gasteiger partial charge in [0.15, 0.2) is 5.17 Å². The lowest BCUT2D eigenvalue weighted by atomic mass is 10.2. The van der Waals surface area contributed by atoms with E-state index in [1.807, 2.05) is 6.92 Å². The van der Waals surface area contributed by atoms with Crippen molar-refractivity contribution < 1.29 is 5.11 Å². The van der Waals surface area contributed by atoms with Crippen molar-refractivity contribution in [3.63, 3.8) is 0 Å². The van der Waals surface area contributed by atoms with Gasteiger partial charge >= 0.3 is 0 Å². The van der Waals surface area contributed by atoms with Crippen molar-refractivity contribution in [3.8, 4) is 5.75 Å². The second-order valence-electron chi connectivity index (χ2n) is 2.94. The Hall–Kier alpha value is -0.530. The topological polar surface area (TPSA) is 71.0 Å². The van der Waals surface area contributed by atoms with Crippen molar-refractivity contribution in [2.24, 2.45) is 15.9 Å². The fourth-order valence-corrected chi connectivity index (χ4v) is 2.67. The Bertz CT molecular complexity index is 463. The van der Waals surface area contributed by atoms with Gasteiger partial charge in [-0.25, -0.2) is 0 Å². The van der Waals surface area contributed by atoms with Crippen molar-refractivity contribution in [1.82, 2.24) is 0 Å². The van der Waals surface area contributed by atoms with E-state index in [0.29, 0.717) is 15.2 Å². The summed E-state index contributed by atoms with van der Waals surface area (Å²) in [5.74, 6) is 0.965. The van der Waals surface area contributed by atoms with E-state index in [2.05, 4.69) is 42.1 Å². The molecule has 7 heteroatoms. The van der Waals surface area contributed by atoms with E-state index >= 15 is 0 Å². The minimum absolute atomic E-state index is 0.119. The summed E-state index contributed by atoms with van der Waals surface area (Å²) in [6.07, 6.45) is 1.45. The maximum atomic E-state index is 9.75. The number of phenols is 1. The van der Waals surface area contributed by atoms with Gasteiger partial charge in [-0.1, -0.05) is 34.6 Å². The Kier molecular flexibility index (Phi) is 6.01. The molecule has 0 aromatic heterocycles. The zero-order chi connectivity index (χ0) is 12.8. The first-order valence-corrected chi connectivity index (χ1v) is 7.29. The van der Waals surface area contributed by atoms with Crippen molar-refractivity contribution in [1.29, 1.82) is 0 Å². The van der Waals surface area contributed by atoms with E-state index in [0.717, 1.165) is 10.2 Å². The number of hydrogen-bond acceptors (Lipinski definition) is 4. The number of phenolic OH excluding ortho intramolecular Hbond substituents is 1. The van der Waals surface area contributed by atoms with Crippen LogP contribution in [0.5, 0.6) is 5.75 Å². The predicted molar refractivity (Wildman–Crippen MR) is 80.9 cm³/mol. The Labute approximate surface area is 121 Å². The van der Waals surface area contributed by atoms with Crippen molar-refractivity contribution >= 4 is 55.0 Å². The lowest BCUT2D eigenvalue weighted by molar-refractivity contribution is 0.471. The minimum Gasteiger partial charge on any atom is -0.506 e. The number of nitrogens with zero attached hydrogens (tertiary/aromatic N) is 2. The molecule has 17 heavy (non-hydrogen) atoms. The average molecular weight is 381 g/mol. The second-order valence-corrected chi connectivity index (χ2v) is 6.00. The maximum Gasteiger partial charge on any atom is 0.180 e. The molecule has 0 amide bonds. The van der Waals surface area contributed by atoms with Crippen LogP contribution in [0.25, 0.3) is 0 Å². The highest BCUT2D eigenvalue weighted by atomic mass is 79.9. The van der Waals surface area contributed by atoms with Gasteiger partial charge in [-0.2, -0.15) is 5.10 Å². The highest BCUT2D eigenvalue weighted by Gasteiger charge is 2.04. The summed E-state index contributed by atoms with van der Waals surface area (Å²) < 4.78 is 1.43. The van der Waals surface area contributed by atoms with Gasteiger partial charge in [0.2, 0.25) is 0 Å². The largest absolute Gasteiger partial charge is 0.506 e. The zero-order valence-electron chi connectivity index (χ0n) is 9.02. The first kappa shape index (κ1) is 14.5. The molecule has 0 aliphatic heterocycles. The molecule has 4 nitrogen and oxygen atoms in total. The highest BCUT2D eigenvalue weighted by Crippen LogP contribution is 2.30. The quantitative estimate of drug-likeness (QED) is 0.480. The van der Waals surface area contributed by atoms with E-state index in [9.17, 15) is 5.11 Å².